The molecule has 0 amide bonds. The van der Waals surface area contributed by atoms with E-state index >= 15 is 0 Å². The van der Waals surface area contributed by atoms with Gasteiger partial charge in [0.15, 0.2) is 0 Å². The van der Waals surface area contributed by atoms with Crippen molar-refractivity contribution in [2.45, 2.75) is 43.8 Å². The number of halogens is 2. The van der Waals surface area contributed by atoms with Crippen LogP contribution in [0.2, 0.25) is 0 Å². The van der Waals surface area contributed by atoms with E-state index in [2.05, 4.69) is 4.74 Å². The van der Waals surface area contributed by atoms with Gasteiger partial charge in [-0.05, 0) is 19.3 Å². The van der Waals surface area contributed by atoms with Gasteiger partial charge in [-0.25, -0.2) is 17.2 Å². The Bertz CT molecular complexity index is 395. The summed E-state index contributed by atoms with van der Waals surface area (Å²) in [5.41, 5.74) is 0. The minimum atomic E-state index is -3.11. The highest BCUT2D eigenvalue weighted by Crippen LogP contribution is 2.29. The van der Waals surface area contributed by atoms with Crippen LogP contribution in [-0.4, -0.2) is 45.3 Å². The molecule has 0 bridgehead atoms. The second-order valence-corrected chi connectivity index (χ2v) is 7.32. The van der Waals surface area contributed by atoms with Gasteiger partial charge in [-0.2, -0.15) is 0 Å². The van der Waals surface area contributed by atoms with E-state index in [0.717, 1.165) is 0 Å². The number of Topliss-reactive ketones (excluding diaryl/α,β-unsaturated/α-hetero) is 1. The molecule has 112 valence electrons. The number of hydrogen-bond donors (Lipinski definition) is 0. The van der Waals surface area contributed by atoms with Gasteiger partial charge in [-0.3, -0.25) is 4.79 Å². The molecule has 0 aromatic rings. The fourth-order valence-corrected chi connectivity index (χ4v) is 3.55. The molecule has 0 heterocycles. The van der Waals surface area contributed by atoms with Crippen LogP contribution in [0.15, 0.2) is 0 Å². The average molecular weight is 298 g/mol. The summed E-state index contributed by atoms with van der Waals surface area (Å²) in [6, 6.07) is 0. The molecule has 19 heavy (non-hydrogen) atoms. The number of ketones is 1. The maximum Gasteiger partial charge on any atom is 0.261 e. The number of carbonyl (C=O) groups is 1. The highest BCUT2D eigenvalue weighted by atomic mass is 32.2. The Labute approximate surface area is 112 Å². The van der Waals surface area contributed by atoms with Crippen LogP contribution in [0.4, 0.5) is 8.78 Å². The van der Waals surface area contributed by atoms with Crippen molar-refractivity contribution in [2.24, 2.45) is 5.92 Å². The van der Waals surface area contributed by atoms with Crippen molar-refractivity contribution < 1.29 is 26.7 Å². The van der Waals surface area contributed by atoms with Crippen LogP contribution >= 0.6 is 0 Å². The summed E-state index contributed by atoms with van der Waals surface area (Å²) < 4.78 is 51.2. The number of alkyl halides is 2. The van der Waals surface area contributed by atoms with Crippen molar-refractivity contribution >= 4 is 15.6 Å². The van der Waals surface area contributed by atoms with Crippen molar-refractivity contribution in [3.8, 4) is 0 Å². The smallest absolute Gasteiger partial charge is 0.261 e. The first-order chi connectivity index (χ1) is 8.80. The third-order valence-electron chi connectivity index (χ3n) is 3.42. The van der Waals surface area contributed by atoms with Gasteiger partial charge in [0, 0.05) is 18.6 Å². The Morgan fingerprint density at radius 1 is 1.37 bits per heavy atom. The molecule has 0 radical (unpaired) electrons. The Hall–Kier alpha value is -0.560. The fourth-order valence-electron chi connectivity index (χ4n) is 2.38. The van der Waals surface area contributed by atoms with E-state index in [-0.39, 0.29) is 24.7 Å². The van der Waals surface area contributed by atoms with Gasteiger partial charge in [-0.1, -0.05) is 6.42 Å². The third kappa shape index (κ3) is 5.95. The molecule has 1 aliphatic rings. The number of hydrogen-bond acceptors (Lipinski definition) is 4. The zero-order chi connectivity index (χ0) is 14.5. The second-order valence-electron chi connectivity index (χ2n) is 5.00. The predicted molar refractivity (Wildman–Crippen MR) is 67.0 cm³/mol. The molecular formula is C12H20F2O4S. The van der Waals surface area contributed by atoms with Gasteiger partial charge in [0.1, 0.15) is 22.2 Å². The molecule has 0 aromatic carbocycles. The van der Waals surface area contributed by atoms with E-state index in [1.807, 2.05) is 0 Å². The van der Waals surface area contributed by atoms with Gasteiger partial charge in [0.25, 0.3) is 6.43 Å². The Kier molecular flexibility index (Phi) is 6.32. The number of carbonyl (C=O) groups excluding carboxylic acids is 1. The van der Waals surface area contributed by atoms with Gasteiger partial charge in [0.05, 0.1) is 11.9 Å². The molecule has 0 spiro atoms. The van der Waals surface area contributed by atoms with Crippen molar-refractivity contribution in [3.05, 3.63) is 0 Å². The van der Waals surface area contributed by atoms with Crippen LogP contribution in [0.5, 0.6) is 0 Å². The Morgan fingerprint density at radius 2 is 2.05 bits per heavy atom. The van der Waals surface area contributed by atoms with Crippen LogP contribution in [0.25, 0.3) is 0 Å². The molecule has 7 heteroatoms. The van der Waals surface area contributed by atoms with Gasteiger partial charge in [0.2, 0.25) is 0 Å². The fraction of sp³-hybridized carbons (Fsp3) is 0.917. The SMILES string of the molecule is CS(=O)(=O)C1CCCC(C(=O)CCOCC(F)F)C1. The molecule has 0 N–H and O–H groups in total. The number of ether oxygens (including phenoxy) is 1. The minimum absolute atomic E-state index is 0.0246. The van der Waals surface area contributed by atoms with E-state index in [4.69, 9.17) is 0 Å². The zero-order valence-corrected chi connectivity index (χ0v) is 11.8. The second kappa shape index (κ2) is 7.28. The van der Waals surface area contributed by atoms with E-state index in [0.29, 0.717) is 25.7 Å². The zero-order valence-electron chi connectivity index (χ0n) is 11.0. The molecule has 2 atom stereocenters. The highest BCUT2D eigenvalue weighted by Gasteiger charge is 2.31. The first-order valence-corrected chi connectivity index (χ1v) is 8.33. The van der Waals surface area contributed by atoms with Crippen molar-refractivity contribution in [3.63, 3.8) is 0 Å². The monoisotopic (exact) mass is 298 g/mol. The van der Waals surface area contributed by atoms with Gasteiger partial charge in [-0.15, -0.1) is 0 Å². The number of sulfone groups is 1. The summed E-state index contributed by atoms with van der Waals surface area (Å²) >= 11 is 0. The molecule has 2 unspecified atom stereocenters. The molecule has 1 rings (SSSR count). The lowest BCUT2D eigenvalue weighted by molar-refractivity contribution is -0.125. The molecule has 0 aromatic heterocycles. The van der Waals surface area contributed by atoms with Crippen LogP contribution in [0.3, 0.4) is 0 Å². The average Bonchev–Trinajstić information content (AvgIpc) is 2.33. The quantitative estimate of drug-likeness (QED) is 0.673. The highest BCUT2D eigenvalue weighted by molar-refractivity contribution is 7.91. The van der Waals surface area contributed by atoms with E-state index in [1.165, 1.54) is 6.26 Å². The lowest BCUT2D eigenvalue weighted by Crippen LogP contribution is -2.31. The van der Waals surface area contributed by atoms with Crippen LogP contribution in [0.1, 0.15) is 32.1 Å². The number of rotatable bonds is 7. The summed E-state index contributed by atoms with van der Waals surface area (Å²) in [5.74, 6) is -0.355. The summed E-state index contributed by atoms with van der Waals surface area (Å²) in [4.78, 5) is 11.9. The van der Waals surface area contributed by atoms with E-state index < -0.39 is 28.1 Å². The van der Waals surface area contributed by atoms with Gasteiger partial charge < -0.3 is 4.74 Å². The lowest BCUT2D eigenvalue weighted by Gasteiger charge is -2.27. The first kappa shape index (κ1) is 16.5. The molecule has 0 aliphatic heterocycles. The van der Waals surface area contributed by atoms with Crippen molar-refractivity contribution in [1.82, 2.24) is 0 Å². The summed E-state index contributed by atoms with van der Waals surface area (Å²) in [7, 11) is -3.11. The molecule has 0 saturated heterocycles. The molecular weight excluding hydrogens is 278 g/mol. The summed E-state index contributed by atoms with van der Waals surface area (Å²) in [6.07, 6.45) is 1.09. The van der Waals surface area contributed by atoms with E-state index in [1.54, 1.807) is 0 Å². The maximum atomic E-state index is 11.9. The Morgan fingerprint density at radius 3 is 2.63 bits per heavy atom. The van der Waals surface area contributed by atoms with Crippen LogP contribution in [0, 0.1) is 5.92 Å². The Balaban J connectivity index is 2.36. The van der Waals surface area contributed by atoms with Gasteiger partial charge >= 0.3 is 0 Å². The third-order valence-corrected chi connectivity index (χ3v) is 5.06. The normalized spacial score (nSPS) is 24.6. The predicted octanol–water partition coefficient (Wildman–Crippen LogP) is 1.83. The van der Waals surface area contributed by atoms with Crippen LogP contribution < -0.4 is 0 Å². The van der Waals surface area contributed by atoms with Crippen LogP contribution in [-0.2, 0) is 19.4 Å². The molecule has 4 nitrogen and oxygen atoms in total. The lowest BCUT2D eigenvalue weighted by atomic mass is 9.85. The molecule has 1 aliphatic carbocycles. The minimum Gasteiger partial charge on any atom is -0.375 e. The summed E-state index contributed by atoms with van der Waals surface area (Å²) in [5, 5.41) is -0.447. The largest absolute Gasteiger partial charge is 0.375 e. The van der Waals surface area contributed by atoms with Crippen molar-refractivity contribution in [1.29, 1.82) is 0 Å². The maximum absolute atomic E-state index is 11.9. The molecule has 1 saturated carbocycles. The van der Waals surface area contributed by atoms with E-state index in [9.17, 15) is 22.0 Å². The molecule has 1 fully saturated rings. The standard InChI is InChI=1S/C12H20F2O4S/c1-19(16,17)10-4-2-3-9(7-10)11(15)5-6-18-8-12(13)14/h9-10,12H,2-8H2,1H3. The summed E-state index contributed by atoms with van der Waals surface area (Å²) in [6.45, 7) is -0.687. The topological polar surface area (TPSA) is 60.4 Å². The first-order valence-electron chi connectivity index (χ1n) is 6.38. The van der Waals surface area contributed by atoms with Crippen molar-refractivity contribution in [2.75, 3.05) is 19.5 Å².